The number of carbonyl (C=O) groups excluding carboxylic acids is 1. The van der Waals surface area contributed by atoms with Crippen LogP contribution in [0.25, 0.3) is 0 Å². The molecule has 0 saturated heterocycles. The van der Waals surface area contributed by atoms with Crippen molar-refractivity contribution < 1.29 is 23.1 Å². The lowest BCUT2D eigenvalue weighted by atomic mass is 9.84. The number of halogens is 2. The number of hydrogen-bond acceptors (Lipinski definition) is 5. The molecule has 2 aliphatic rings. The molecule has 1 aromatic rings. The van der Waals surface area contributed by atoms with Gasteiger partial charge in [0.2, 0.25) is 11.7 Å². The summed E-state index contributed by atoms with van der Waals surface area (Å²) in [5.41, 5.74) is 5.91. The highest BCUT2D eigenvalue weighted by Gasteiger charge is 2.36. The van der Waals surface area contributed by atoms with E-state index in [-0.39, 0.29) is 24.6 Å². The third-order valence-electron chi connectivity index (χ3n) is 4.41. The molecule has 2 heterocycles. The number of rotatable bonds is 4. The van der Waals surface area contributed by atoms with Gasteiger partial charge in [0, 0.05) is 19.0 Å². The van der Waals surface area contributed by atoms with Gasteiger partial charge in [0.25, 0.3) is 0 Å². The molecule has 25 heavy (non-hydrogen) atoms. The van der Waals surface area contributed by atoms with Crippen molar-refractivity contribution in [2.24, 2.45) is 11.7 Å². The molecule has 2 N–H and O–H groups in total. The second kappa shape index (κ2) is 6.73. The number of aromatic nitrogens is 2. The predicted molar refractivity (Wildman–Crippen MR) is 86.2 cm³/mol. The average Bonchev–Trinajstić information content (AvgIpc) is 2.96. The molecule has 0 atom stereocenters. The van der Waals surface area contributed by atoms with E-state index in [9.17, 15) is 13.6 Å². The molecular weight excluding hydrogens is 334 g/mol. The van der Waals surface area contributed by atoms with Crippen LogP contribution in [0.4, 0.5) is 19.4 Å². The Labute approximate surface area is 143 Å². The minimum Gasteiger partial charge on any atom is -0.491 e. The third-order valence-corrected chi connectivity index (χ3v) is 4.41. The highest BCUT2D eigenvalue weighted by atomic mass is 19.3. The summed E-state index contributed by atoms with van der Waals surface area (Å²) in [7, 11) is 1.45. The Morgan fingerprint density at radius 2 is 2.16 bits per heavy atom. The first kappa shape index (κ1) is 17.2. The Bertz CT molecular complexity index is 704. The normalized spacial score (nSPS) is 19.7. The van der Waals surface area contributed by atoms with Gasteiger partial charge in [0.1, 0.15) is 12.0 Å². The van der Waals surface area contributed by atoms with Crippen LogP contribution in [-0.4, -0.2) is 28.8 Å². The second-order valence-electron chi connectivity index (χ2n) is 6.16. The summed E-state index contributed by atoms with van der Waals surface area (Å²) in [4.78, 5) is 17.1. The minimum absolute atomic E-state index is 0.0512. The van der Waals surface area contributed by atoms with Crippen LogP contribution in [0.15, 0.2) is 24.6 Å². The molecule has 136 valence electrons. The molecule has 3 rings (SSSR count). The van der Waals surface area contributed by atoms with Crippen LogP contribution in [0.5, 0.6) is 5.75 Å². The number of carbonyl (C=O) groups is 1. The van der Waals surface area contributed by atoms with E-state index in [0.717, 1.165) is 4.68 Å². The maximum absolute atomic E-state index is 13.3. The van der Waals surface area contributed by atoms with Crippen LogP contribution in [0.2, 0.25) is 0 Å². The Morgan fingerprint density at radius 3 is 2.72 bits per heavy atom. The van der Waals surface area contributed by atoms with E-state index < -0.39 is 12.0 Å². The molecule has 1 aliphatic carbocycles. The monoisotopic (exact) mass is 354 g/mol. The SMILES string of the molecule is COc1c(CC2CCC(F)(F)CC2)nn(C(N)=O)c1N1C=CC=CO1. The topological polar surface area (TPSA) is 82.6 Å². The Kier molecular flexibility index (Phi) is 4.65. The van der Waals surface area contributed by atoms with E-state index in [0.29, 0.717) is 30.7 Å². The number of primary amides is 1. The van der Waals surface area contributed by atoms with Gasteiger partial charge in [-0.2, -0.15) is 14.8 Å². The summed E-state index contributed by atoms with van der Waals surface area (Å²) in [5.74, 6) is -1.95. The smallest absolute Gasteiger partial charge is 0.341 e. The van der Waals surface area contributed by atoms with Crippen LogP contribution >= 0.6 is 0 Å². The van der Waals surface area contributed by atoms with E-state index in [2.05, 4.69) is 5.10 Å². The zero-order valence-corrected chi connectivity index (χ0v) is 13.8. The van der Waals surface area contributed by atoms with Crippen molar-refractivity contribution in [2.45, 2.75) is 38.0 Å². The first-order chi connectivity index (χ1) is 11.9. The summed E-state index contributed by atoms with van der Waals surface area (Å²) in [5, 5.41) is 5.55. The highest BCUT2D eigenvalue weighted by molar-refractivity contribution is 5.80. The van der Waals surface area contributed by atoms with Gasteiger partial charge in [0.05, 0.1) is 7.11 Å². The molecule has 1 aromatic heterocycles. The number of allylic oxidation sites excluding steroid dienone is 2. The fourth-order valence-electron chi connectivity index (χ4n) is 3.14. The number of alkyl halides is 2. The zero-order chi connectivity index (χ0) is 18.0. The number of ether oxygens (including phenoxy) is 1. The van der Waals surface area contributed by atoms with Gasteiger partial charge in [0.15, 0.2) is 5.75 Å². The Hall–Kier alpha value is -2.58. The quantitative estimate of drug-likeness (QED) is 0.899. The van der Waals surface area contributed by atoms with E-state index in [4.69, 9.17) is 15.3 Å². The maximum atomic E-state index is 13.3. The molecule has 1 aliphatic heterocycles. The van der Waals surface area contributed by atoms with Crippen LogP contribution < -0.4 is 15.5 Å². The van der Waals surface area contributed by atoms with Crippen LogP contribution in [0.1, 0.15) is 31.4 Å². The molecule has 1 fully saturated rings. The first-order valence-corrected chi connectivity index (χ1v) is 8.04. The van der Waals surface area contributed by atoms with Crippen LogP contribution in [0, 0.1) is 5.92 Å². The lowest BCUT2D eigenvalue weighted by Crippen LogP contribution is -2.27. The maximum Gasteiger partial charge on any atom is 0.341 e. The largest absolute Gasteiger partial charge is 0.491 e. The number of nitrogens with two attached hydrogens (primary N) is 1. The number of nitrogens with zero attached hydrogens (tertiary/aromatic N) is 3. The number of methoxy groups -OCH3 is 1. The van der Waals surface area contributed by atoms with E-state index in [1.165, 1.54) is 18.4 Å². The predicted octanol–water partition coefficient (Wildman–Crippen LogP) is 2.97. The highest BCUT2D eigenvalue weighted by Crippen LogP contribution is 2.40. The summed E-state index contributed by atoms with van der Waals surface area (Å²) in [6.07, 6.45) is 7.37. The van der Waals surface area contributed by atoms with Crippen LogP contribution in [0.3, 0.4) is 0 Å². The second-order valence-corrected chi connectivity index (χ2v) is 6.16. The van der Waals surface area contributed by atoms with Gasteiger partial charge in [-0.3, -0.25) is 0 Å². The van der Waals surface area contributed by atoms with E-state index in [1.807, 2.05) is 0 Å². The number of hydroxylamine groups is 1. The molecular formula is C16H20F2N4O3. The Morgan fingerprint density at radius 1 is 1.44 bits per heavy atom. The van der Waals surface area contributed by atoms with Crippen molar-refractivity contribution in [3.05, 3.63) is 30.3 Å². The van der Waals surface area contributed by atoms with Gasteiger partial charge < -0.3 is 15.3 Å². The zero-order valence-electron chi connectivity index (χ0n) is 13.8. The van der Waals surface area contributed by atoms with Gasteiger partial charge in [-0.15, -0.1) is 0 Å². The summed E-state index contributed by atoms with van der Waals surface area (Å²) < 4.78 is 33.1. The van der Waals surface area contributed by atoms with Gasteiger partial charge in [-0.1, -0.05) is 0 Å². The number of anilines is 1. The summed E-state index contributed by atoms with van der Waals surface area (Å²) >= 11 is 0. The van der Waals surface area contributed by atoms with Crippen molar-refractivity contribution in [3.63, 3.8) is 0 Å². The molecule has 1 amide bonds. The van der Waals surface area contributed by atoms with Crippen molar-refractivity contribution in [1.82, 2.24) is 9.78 Å². The summed E-state index contributed by atoms with van der Waals surface area (Å²) in [6.45, 7) is 0. The molecule has 1 saturated carbocycles. The fraction of sp³-hybridized carbons (Fsp3) is 0.500. The average molecular weight is 354 g/mol. The molecule has 0 unspecified atom stereocenters. The standard InChI is InChI=1S/C16H20F2N4O3/c1-24-13-12(10-11-4-6-16(17,18)7-5-11)20-22(15(19)23)14(13)21-8-2-3-9-25-21/h2-3,8-9,11H,4-7,10H2,1H3,(H2,19,23). The molecule has 0 aromatic carbocycles. The lowest BCUT2D eigenvalue weighted by Gasteiger charge is -2.27. The third kappa shape index (κ3) is 3.59. The van der Waals surface area contributed by atoms with Gasteiger partial charge in [-0.05, 0) is 37.3 Å². The van der Waals surface area contributed by atoms with Gasteiger partial charge in [-0.25, -0.2) is 13.6 Å². The molecule has 0 radical (unpaired) electrons. The van der Waals surface area contributed by atoms with Crippen molar-refractivity contribution in [2.75, 3.05) is 12.2 Å². The minimum atomic E-state index is -2.59. The molecule has 9 heteroatoms. The van der Waals surface area contributed by atoms with Crippen molar-refractivity contribution >= 4 is 11.8 Å². The van der Waals surface area contributed by atoms with E-state index in [1.54, 1.807) is 18.4 Å². The Balaban J connectivity index is 1.88. The first-order valence-electron chi connectivity index (χ1n) is 8.04. The lowest BCUT2D eigenvalue weighted by molar-refractivity contribution is -0.0457. The fourth-order valence-corrected chi connectivity index (χ4v) is 3.14. The molecule has 0 bridgehead atoms. The van der Waals surface area contributed by atoms with Crippen LogP contribution in [-0.2, 0) is 11.3 Å². The summed E-state index contributed by atoms with van der Waals surface area (Å²) in [6, 6.07) is -0.790. The molecule has 7 nitrogen and oxygen atoms in total. The van der Waals surface area contributed by atoms with Crippen molar-refractivity contribution in [3.8, 4) is 5.75 Å². The number of hydrogen-bond donors (Lipinski definition) is 1. The number of amides is 1. The molecule has 0 spiro atoms. The van der Waals surface area contributed by atoms with E-state index >= 15 is 0 Å². The van der Waals surface area contributed by atoms with Gasteiger partial charge >= 0.3 is 6.03 Å². The van der Waals surface area contributed by atoms with Crippen molar-refractivity contribution in [1.29, 1.82) is 0 Å².